The summed E-state index contributed by atoms with van der Waals surface area (Å²) >= 11 is 0. The number of phenols is 1. The Morgan fingerprint density at radius 3 is 2.06 bits per heavy atom. The lowest BCUT2D eigenvalue weighted by atomic mass is 10.1. The van der Waals surface area contributed by atoms with E-state index >= 15 is 0 Å². The summed E-state index contributed by atoms with van der Waals surface area (Å²) in [5.41, 5.74) is 1.90. The van der Waals surface area contributed by atoms with E-state index in [1.165, 1.54) is 6.07 Å². The fourth-order valence-corrected chi connectivity index (χ4v) is 1.27. The first-order valence-corrected chi connectivity index (χ1v) is 4.86. The third-order valence-corrected chi connectivity index (χ3v) is 2.13. The van der Waals surface area contributed by atoms with Crippen molar-refractivity contribution in [2.24, 2.45) is 0 Å². The number of aromatic hydroxyl groups is 2. The molecule has 2 N–H and O–H groups in total. The summed E-state index contributed by atoms with van der Waals surface area (Å²) in [7, 11) is 0. The number of rotatable bonds is 2. The van der Waals surface area contributed by atoms with E-state index in [0.29, 0.717) is 0 Å². The van der Waals surface area contributed by atoms with E-state index in [4.69, 9.17) is 10.2 Å². The van der Waals surface area contributed by atoms with Crippen molar-refractivity contribution in [3.63, 3.8) is 0 Å². The fraction of sp³-hybridized carbons (Fsp3) is 0. The quantitative estimate of drug-likeness (QED) is 0.806. The zero-order valence-corrected chi connectivity index (χ0v) is 8.54. The second-order valence-corrected chi connectivity index (χ2v) is 3.37. The lowest BCUT2D eigenvalue weighted by molar-refractivity contribution is 0.453. The molecule has 0 saturated heterocycles. The highest BCUT2D eigenvalue weighted by molar-refractivity contribution is 5.69. The Balaban J connectivity index is 2.15. The molecule has 1 aromatic carbocycles. The molecule has 0 atom stereocenters. The van der Waals surface area contributed by atoms with Crippen LogP contribution in [0.15, 0.2) is 42.6 Å². The van der Waals surface area contributed by atoms with E-state index in [1.54, 1.807) is 24.4 Å². The first-order chi connectivity index (χ1) is 7.74. The maximum absolute atomic E-state index is 9.11. The van der Waals surface area contributed by atoms with Gasteiger partial charge >= 0.3 is 0 Å². The van der Waals surface area contributed by atoms with Gasteiger partial charge in [-0.05, 0) is 29.3 Å². The van der Waals surface area contributed by atoms with Crippen molar-refractivity contribution >= 4 is 12.2 Å². The van der Waals surface area contributed by atoms with Crippen molar-refractivity contribution in [1.82, 2.24) is 4.98 Å². The minimum absolute atomic E-state index is 0.0155. The van der Waals surface area contributed by atoms with Gasteiger partial charge in [0.05, 0.1) is 0 Å². The SMILES string of the molecule is Oc1ccc(/C=C/c2ccc(O)nc2)cc1. The largest absolute Gasteiger partial charge is 0.508 e. The predicted octanol–water partition coefficient (Wildman–Crippen LogP) is 2.66. The number of nitrogens with zero attached hydrogens (tertiary/aromatic N) is 1. The van der Waals surface area contributed by atoms with Crippen LogP contribution in [0, 0.1) is 0 Å². The molecular formula is C13H11NO2. The highest BCUT2D eigenvalue weighted by Gasteiger charge is 1.90. The Bertz CT molecular complexity index is 439. The van der Waals surface area contributed by atoms with E-state index in [-0.39, 0.29) is 11.6 Å². The number of benzene rings is 1. The molecule has 0 bridgehead atoms. The van der Waals surface area contributed by atoms with Gasteiger partial charge in [0.15, 0.2) is 0 Å². The van der Waals surface area contributed by atoms with Gasteiger partial charge in [0, 0.05) is 12.3 Å². The summed E-state index contributed by atoms with van der Waals surface area (Å²) in [5, 5.41) is 18.1. The molecule has 3 nitrogen and oxygen atoms in total. The zero-order chi connectivity index (χ0) is 11.4. The fourth-order valence-electron chi connectivity index (χ4n) is 1.27. The molecule has 1 aromatic heterocycles. The van der Waals surface area contributed by atoms with Gasteiger partial charge in [0.25, 0.3) is 0 Å². The Morgan fingerprint density at radius 1 is 0.812 bits per heavy atom. The van der Waals surface area contributed by atoms with Gasteiger partial charge in [-0.15, -0.1) is 0 Å². The first kappa shape index (κ1) is 10.2. The third kappa shape index (κ3) is 2.60. The van der Waals surface area contributed by atoms with E-state index in [1.807, 2.05) is 24.3 Å². The highest BCUT2D eigenvalue weighted by Crippen LogP contribution is 2.13. The Hall–Kier alpha value is -2.29. The lowest BCUT2D eigenvalue weighted by Gasteiger charge is -1.95. The summed E-state index contributed by atoms with van der Waals surface area (Å²) in [6.45, 7) is 0. The Morgan fingerprint density at radius 2 is 1.44 bits per heavy atom. The molecule has 0 fully saturated rings. The topological polar surface area (TPSA) is 53.4 Å². The average molecular weight is 213 g/mol. The van der Waals surface area contributed by atoms with Crippen LogP contribution in [0.5, 0.6) is 11.6 Å². The van der Waals surface area contributed by atoms with Crippen molar-refractivity contribution in [2.75, 3.05) is 0 Å². The second kappa shape index (κ2) is 4.49. The summed E-state index contributed by atoms with van der Waals surface area (Å²) in [5.74, 6) is 0.269. The normalized spacial score (nSPS) is 10.8. The van der Waals surface area contributed by atoms with Crippen LogP contribution in [0.3, 0.4) is 0 Å². The molecule has 0 saturated carbocycles. The van der Waals surface area contributed by atoms with E-state index in [9.17, 15) is 0 Å². The van der Waals surface area contributed by atoms with Crippen LogP contribution in [0.4, 0.5) is 0 Å². The molecule has 2 aromatic rings. The first-order valence-electron chi connectivity index (χ1n) is 4.86. The Kier molecular flexibility index (Phi) is 2.87. The number of pyridine rings is 1. The molecular weight excluding hydrogens is 202 g/mol. The molecule has 0 amide bonds. The molecule has 3 heteroatoms. The smallest absolute Gasteiger partial charge is 0.210 e. The molecule has 16 heavy (non-hydrogen) atoms. The molecule has 0 aliphatic rings. The van der Waals surface area contributed by atoms with Gasteiger partial charge in [-0.1, -0.05) is 24.3 Å². The molecule has 80 valence electrons. The van der Waals surface area contributed by atoms with Crippen molar-refractivity contribution in [1.29, 1.82) is 0 Å². The van der Waals surface area contributed by atoms with Crippen LogP contribution >= 0.6 is 0 Å². The number of hydrogen-bond donors (Lipinski definition) is 2. The average Bonchev–Trinajstić information content (AvgIpc) is 2.30. The van der Waals surface area contributed by atoms with Crippen molar-refractivity contribution in [3.05, 3.63) is 53.7 Å². The molecule has 0 spiro atoms. The van der Waals surface area contributed by atoms with Crippen LogP contribution in [-0.4, -0.2) is 15.2 Å². The van der Waals surface area contributed by atoms with Crippen molar-refractivity contribution in [3.8, 4) is 11.6 Å². The molecule has 1 heterocycles. The summed E-state index contributed by atoms with van der Waals surface area (Å²) in [4.78, 5) is 3.77. The number of hydrogen-bond acceptors (Lipinski definition) is 3. The van der Waals surface area contributed by atoms with E-state index in [2.05, 4.69) is 4.98 Å². The van der Waals surface area contributed by atoms with Gasteiger partial charge in [0.1, 0.15) is 5.75 Å². The maximum atomic E-state index is 9.11. The van der Waals surface area contributed by atoms with Gasteiger partial charge in [-0.2, -0.15) is 0 Å². The highest BCUT2D eigenvalue weighted by atomic mass is 16.3. The summed E-state index contributed by atoms with van der Waals surface area (Å²) in [6.07, 6.45) is 5.39. The van der Waals surface area contributed by atoms with Crippen LogP contribution in [0.25, 0.3) is 12.2 Å². The van der Waals surface area contributed by atoms with Crippen molar-refractivity contribution in [2.45, 2.75) is 0 Å². The molecule has 0 unspecified atom stereocenters. The molecule has 0 aliphatic heterocycles. The van der Waals surface area contributed by atoms with Gasteiger partial charge in [0.2, 0.25) is 5.88 Å². The van der Waals surface area contributed by atoms with Crippen LogP contribution in [0.2, 0.25) is 0 Å². The van der Waals surface area contributed by atoms with E-state index in [0.717, 1.165) is 11.1 Å². The van der Waals surface area contributed by atoms with Gasteiger partial charge in [-0.3, -0.25) is 0 Å². The van der Waals surface area contributed by atoms with Crippen molar-refractivity contribution < 1.29 is 10.2 Å². The lowest BCUT2D eigenvalue weighted by Crippen LogP contribution is -1.76. The van der Waals surface area contributed by atoms with Crippen LogP contribution < -0.4 is 0 Å². The number of aromatic nitrogens is 1. The third-order valence-electron chi connectivity index (χ3n) is 2.13. The van der Waals surface area contributed by atoms with Crippen LogP contribution in [-0.2, 0) is 0 Å². The predicted molar refractivity (Wildman–Crippen MR) is 62.9 cm³/mol. The standard InChI is InChI=1S/C13H11NO2/c15-12-6-3-10(4-7-12)1-2-11-5-8-13(16)14-9-11/h1-9,15H,(H,14,16)/b2-1+. The molecule has 2 rings (SSSR count). The minimum atomic E-state index is 0.0155. The molecule has 0 radical (unpaired) electrons. The number of phenolic OH excluding ortho intramolecular Hbond substituents is 1. The van der Waals surface area contributed by atoms with Crippen LogP contribution in [0.1, 0.15) is 11.1 Å². The molecule has 0 aliphatic carbocycles. The van der Waals surface area contributed by atoms with Gasteiger partial charge < -0.3 is 10.2 Å². The minimum Gasteiger partial charge on any atom is -0.508 e. The summed E-state index contributed by atoms with van der Waals surface area (Å²) < 4.78 is 0. The van der Waals surface area contributed by atoms with Gasteiger partial charge in [-0.25, -0.2) is 4.98 Å². The Labute approximate surface area is 93.3 Å². The van der Waals surface area contributed by atoms with E-state index < -0.39 is 0 Å². The summed E-state index contributed by atoms with van der Waals surface area (Å²) in [6, 6.07) is 10.2. The second-order valence-electron chi connectivity index (χ2n) is 3.37. The maximum Gasteiger partial charge on any atom is 0.210 e. The monoisotopic (exact) mass is 213 g/mol. The zero-order valence-electron chi connectivity index (χ0n) is 8.54.